The second-order valence-corrected chi connectivity index (χ2v) is 9.85. The molecular formula is C34H41NO4. The standard InChI is InChI=1S/C34H41NO4/c1-2-3-4-5-6-7-8-9-10-11-24-39-32-21-12-27(13-22-32)14-23-33(37)28-15-18-30(19-16-28)35-26-29-17-20-31(36)25-34(29)38/h12-23,25-26,36,38H,2-11,24H2,1H3. The van der Waals surface area contributed by atoms with Gasteiger partial charge in [0, 0.05) is 23.4 Å². The van der Waals surface area contributed by atoms with Crippen LogP contribution in [0.5, 0.6) is 17.2 Å². The Morgan fingerprint density at radius 2 is 1.44 bits per heavy atom. The highest BCUT2D eigenvalue weighted by Crippen LogP contribution is 2.22. The molecule has 39 heavy (non-hydrogen) atoms. The summed E-state index contributed by atoms with van der Waals surface area (Å²) in [4.78, 5) is 16.9. The number of carbonyl (C=O) groups is 1. The number of carbonyl (C=O) groups excluding carboxylic acids is 1. The Morgan fingerprint density at radius 3 is 2.08 bits per heavy atom. The van der Waals surface area contributed by atoms with Crippen molar-refractivity contribution < 1.29 is 19.7 Å². The first kappa shape index (κ1) is 29.7. The van der Waals surface area contributed by atoms with Crippen molar-refractivity contribution >= 4 is 23.8 Å². The molecule has 5 nitrogen and oxygen atoms in total. The van der Waals surface area contributed by atoms with E-state index in [4.69, 9.17) is 4.74 Å². The summed E-state index contributed by atoms with van der Waals surface area (Å²) in [5, 5.41) is 19.2. The van der Waals surface area contributed by atoms with Gasteiger partial charge in [0.25, 0.3) is 0 Å². The predicted molar refractivity (Wildman–Crippen MR) is 161 cm³/mol. The smallest absolute Gasteiger partial charge is 0.185 e. The Morgan fingerprint density at radius 1 is 0.795 bits per heavy atom. The van der Waals surface area contributed by atoms with Crippen molar-refractivity contribution in [2.45, 2.75) is 71.1 Å². The number of phenols is 2. The highest BCUT2D eigenvalue weighted by atomic mass is 16.5. The highest BCUT2D eigenvalue weighted by molar-refractivity contribution is 6.07. The Hall–Kier alpha value is -3.86. The van der Waals surface area contributed by atoms with E-state index >= 15 is 0 Å². The molecule has 0 aromatic heterocycles. The van der Waals surface area contributed by atoms with Gasteiger partial charge < -0.3 is 14.9 Å². The molecule has 0 aliphatic carbocycles. The van der Waals surface area contributed by atoms with E-state index in [9.17, 15) is 15.0 Å². The van der Waals surface area contributed by atoms with E-state index in [0.29, 0.717) is 16.8 Å². The summed E-state index contributed by atoms with van der Waals surface area (Å²) in [5.41, 5.74) is 2.64. The summed E-state index contributed by atoms with van der Waals surface area (Å²) in [6.07, 6.45) is 18.0. The van der Waals surface area contributed by atoms with Gasteiger partial charge in [-0.1, -0.05) is 82.9 Å². The molecule has 3 aromatic carbocycles. The number of hydrogen-bond donors (Lipinski definition) is 2. The van der Waals surface area contributed by atoms with Gasteiger partial charge >= 0.3 is 0 Å². The van der Waals surface area contributed by atoms with Crippen LogP contribution in [0.1, 0.15) is 92.6 Å². The molecule has 0 unspecified atom stereocenters. The average Bonchev–Trinajstić information content (AvgIpc) is 2.95. The zero-order valence-corrected chi connectivity index (χ0v) is 23.0. The number of phenolic OH excluding ortho intramolecular Hbond substituents is 2. The minimum atomic E-state index is -0.0944. The van der Waals surface area contributed by atoms with Crippen LogP contribution in [0.15, 0.2) is 77.8 Å². The lowest BCUT2D eigenvalue weighted by Gasteiger charge is -2.06. The van der Waals surface area contributed by atoms with Crippen molar-refractivity contribution in [3.05, 3.63) is 89.5 Å². The fourth-order valence-corrected chi connectivity index (χ4v) is 4.22. The summed E-state index contributed by atoms with van der Waals surface area (Å²) in [5.74, 6) is 0.697. The summed E-state index contributed by atoms with van der Waals surface area (Å²) >= 11 is 0. The van der Waals surface area contributed by atoms with Crippen LogP contribution in [0.2, 0.25) is 0 Å². The number of allylic oxidation sites excluding steroid dienone is 1. The van der Waals surface area contributed by atoms with Gasteiger partial charge in [-0.2, -0.15) is 0 Å². The number of ketones is 1. The lowest BCUT2D eigenvalue weighted by atomic mass is 10.1. The van der Waals surface area contributed by atoms with Gasteiger partial charge in [0.1, 0.15) is 17.2 Å². The first-order chi connectivity index (χ1) is 19.0. The Labute approximate surface area is 232 Å². The number of unbranched alkanes of at least 4 members (excludes halogenated alkanes) is 9. The van der Waals surface area contributed by atoms with Crippen molar-refractivity contribution in [3.63, 3.8) is 0 Å². The summed E-state index contributed by atoms with van der Waals surface area (Å²) in [6.45, 7) is 2.99. The molecule has 0 fully saturated rings. The van der Waals surface area contributed by atoms with Crippen molar-refractivity contribution in [2.75, 3.05) is 6.61 Å². The Balaban J connectivity index is 1.36. The third-order valence-corrected chi connectivity index (χ3v) is 6.59. The molecular weight excluding hydrogens is 486 g/mol. The topological polar surface area (TPSA) is 79.1 Å². The summed E-state index contributed by atoms with van der Waals surface area (Å²) in [7, 11) is 0. The lowest BCUT2D eigenvalue weighted by molar-refractivity contribution is 0.104. The molecule has 0 bridgehead atoms. The van der Waals surface area contributed by atoms with Crippen LogP contribution >= 0.6 is 0 Å². The average molecular weight is 528 g/mol. The van der Waals surface area contributed by atoms with Crippen LogP contribution in [-0.4, -0.2) is 28.8 Å². The van der Waals surface area contributed by atoms with Crippen LogP contribution in [-0.2, 0) is 0 Å². The fourth-order valence-electron chi connectivity index (χ4n) is 4.22. The molecule has 0 heterocycles. The number of nitrogens with zero attached hydrogens (tertiary/aromatic N) is 1. The number of hydrogen-bond acceptors (Lipinski definition) is 5. The molecule has 0 aliphatic heterocycles. The zero-order valence-electron chi connectivity index (χ0n) is 23.0. The normalized spacial score (nSPS) is 11.4. The summed E-state index contributed by atoms with van der Waals surface area (Å²) in [6, 6.07) is 19.0. The second kappa shape index (κ2) is 16.9. The maximum atomic E-state index is 12.6. The first-order valence-electron chi connectivity index (χ1n) is 14.2. The number of aliphatic imine (C=N–C) groups is 1. The van der Waals surface area contributed by atoms with Crippen molar-refractivity contribution in [2.24, 2.45) is 4.99 Å². The van der Waals surface area contributed by atoms with E-state index in [-0.39, 0.29) is 17.3 Å². The zero-order chi connectivity index (χ0) is 27.7. The van der Waals surface area contributed by atoms with E-state index in [1.54, 1.807) is 42.5 Å². The third kappa shape index (κ3) is 11.2. The molecule has 0 spiro atoms. The molecule has 0 saturated heterocycles. The maximum absolute atomic E-state index is 12.6. The Bertz CT molecular complexity index is 1200. The van der Waals surface area contributed by atoms with Crippen LogP contribution in [0.25, 0.3) is 6.08 Å². The van der Waals surface area contributed by atoms with Gasteiger partial charge in [-0.3, -0.25) is 9.79 Å². The van der Waals surface area contributed by atoms with Gasteiger partial charge in [0.15, 0.2) is 5.78 Å². The molecule has 5 heteroatoms. The minimum absolute atomic E-state index is 0.00978. The van der Waals surface area contributed by atoms with Crippen molar-refractivity contribution in [1.82, 2.24) is 0 Å². The number of benzene rings is 3. The SMILES string of the molecule is CCCCCCCCCCCCOc1ccc(C=CC(=O)c2ccc(N=Cc3ccc(O)cc3O)cc2)cc1. The number of aromatic hydroxyl groups is 2. The monoisotopic (exact) mass is 527 g/mol. The van der Waals surface area contributed by atoms with E-state index in [1.165, 1.54) is 76.1 Å². The second-order valence-electron chi connectivity index (χ2n) is 9.85. The third-order valence-electron chi connectivity index (χ3n) is 6.59. The molecule has 0 atom stereocenters. The first-order valence-corrected chi connectivity index (χ1v) is 14.2. The van der Waals surface area contributed by atoms with Crippen molar-refractivity contribution in [3.8, 4) is 17.2 Å². The van der Waals surface area contributed by atoms with Crippen LogP contribution in [0.4, 0.5) is 5.69 Å². The Kier molecular flexibility index (Phi) is 12.8. The molecule has 3 rings (SSSR count). The van der Waals surface area contributed by atoms with Crippen LogP contribution in [0.3, 0.4) is 0 Å². The van der Waals surface area contributed by atoms with Crippen molar-refractivity contribution in [1.29, 1.82) is 0 Å². The fraction of sp³-hybridized carbons (Fsp3) is 0.353. The molecule has 0 amide bonds. The molecule has 3 aromatic rings. The van der Waals surface area contributed by atoms with E-state index < -0.39 is 0 Å². The van der Waals surface area contributed by atoms with Crippen LogP contribution in [0, 0.1) is 0 Å². The molecule has 2 N–H and O–H groups in total. The quantitative estimate of drug-likeness (QED) is 0.0794. The maximum Gasteiger partial charge on any atom is 0.185 e. The highest BCUT2D eigenvalue weighted by Gasteiger charge is 2.03. The van der Waals surface area contributed by atoms with Gasteiger partial charge in [0.05, 0.1) is 12.3 Å². The van der Waals surface area contributed by atoms with E-state index in [0.717, 1.165) is 24.3 Å². The van der Waals surface area contributed by atoms with Gasteiger partial charge in [-0.15, -0.1) is 0 Å². The molecule has 0 radical (unpaired) electrons. The van der Waals surface area contributed by atoms with E-state index in [2.05, 4.69) is 11.9 Å². The summed E-state index contributed by atoms with van der Waals surface area (Å²) < 4.78 is 5.87. The number of rotatable bonds is 17. The predicted octanol–water partition coefficient (Wildman–Crippen LogP) is 9.04. The molecule has 0 saturated carbocycles. The molecule has 0 aliphatic rings. The van der Waals surface area contributed by atoms with Gasteiger partial charge in [0.2, 0.25) is 0 Å². The lowest BCUT2D eigenvalue weighted by Crippen LogP contribution is -1.97. The molecule has 206 valence electrons. The van der Waals surface area contributed by atoms with Crippen LogP contribution < -0.4 is 4.74 Å². The van der Waals surface area contributed by atoms with E-state index in [1.807, 2.05) is 24.3 Å². The minimum Gasteiger partial charge on any atom is -0.508 e. The van der Waals surface area contributed by atoms with Gasteiger partial charge in [-0.05, 0) is 66.6 Å². The van der Waals surface area contributed by atoms with Gasteiger partial charge in [-0.25, -0.2) is 0 Å². The largest absolute Gasteiger partial charge is 0.508 e. The number of ether oxygens (including phenoxy) is 1.